The van der Waals surface area contributed by atoms with Crippen LogP contribution >= 0.6 is 0 Å². The van der Waals surface area contributed by atoms with Crippen LogP contribution in [0.3, 0.4) is 0 Å². The first-order chi connectivity index (χ1) is 11.7. The van der Waals surface area contributed by atoms with Gasteiger partial charge in [0.2, 0.25) is 11.8 Å². The predicted octanol–water partition coefficient (Wildman–Crippen LogP) is 3.49. The Morgan fingerprint density at radius 3 is 2.40 bits per heavy atom. The average molecular weight is 344 g/mol. The number of hydrogen-bond donors (Lipinski definition) is 0. The zero-order valence-electron chi connectivity index (χ0n) is 16.3. The van der Waals surface area contributed by atoms with E-state index in [-0.39, 0.29) is 18.4 Å². The van der Waals surface area contributed by atoms with Gasteiger partial charge in [0.25, 0.3) is 0 Å². The summed E-state index contributed by atoms with van der Waals surface area (Å²) in [6.07, 6.45) is 1.80. The second kappa shape index (κ2) is 8.03. The first kappa shape index (κ1) is 19.5. The highest BCUT2D eigenvalue weighted by Crippen LogP contribution is 2.21. The number of fused-ring (bicyclic) bond motifs is 1. The van der Waals surface area contributed by atoms with E-state index in [9.17, 15) is 9.59 Å². The van der Waals surface area contributed by atoms with Gasteiger partial charge in [0.05, 0.1) is 6.54 Å². The van der Waals surface area contributed by atoms with Crippen LogP contribution in [0, 0.1) is 11.3 Å². The summed E-state index contributed by atoms with van der Waals surface area (Å²) < 4.78 is 0. The van der Waals surface area contributed by atoms with E-state index in [0.29, 0.717) is 19.0 Å². The summed E-state index contributed by atoms with van der Waals surface area (Å²) >= 11 is 0. The van der Waals surface area contributed by atoms with E-state index in [1.807, 2.05) is 37.8 Å². The van der Waals surface area contributed by atoms with Crippen molar-refractivity contribution < 1.29 is 9.59 Å². The standard InChI is InChI=1S/C21H32N2O2/c1-16(2)10-12-23(20(25)21(3,4)5)15-19(24)22-13-11-17-8-6-7-9-18(17)14-22/h6-9,16H,10-15H2,1-5H3. The van der Waals surface area contributed by atoms with Crippen molar-refractivity contribution >= 4 is 11.8 Å². The van der Waals surface area contributed by atoms with Crippen LogP contribution in [0.25, 0.3) is 0 Å². The molecule has 1 aliphatic rings. The predicted molar refractivity (Wildman–Crippen MR) is 101 cm³/mol. The second-order valence-corrected chi connectivity index (χ2v) is 8.49. The van der Waals surface area contributed by atoms with E-state index in [1.54, 1.807) is 4.90 Å². The number of benzene rings is 1. The topological polar surface area (TPSA) is 40.6 Å². The summed E-state index contributed by atoms with van der Waals surface area (Å²) in [6.45, 7) is 12.2. The Balaban J connectivity index is 2.05. The lowest BCUT2D eigenvalue weighted by atomic mass is 9.94. The van der Waals surface area contributed by atoms with Crippen LogP contribution < -0.4 is 0 Å². The van der Waals surface area contributed by atoms with Crippen LogP contribution in [0.1, 0.15) is 52.2 Å². The lowest BCUT2D eigenvalue weighted by Crippen LogP contribution is -2.48. The van der Waals surface area contributed by atoms with Gasteiger partial charge in [0.15, 0.2) is 0 Å². The maximum Gasteiger partial charge on any atom is 0.242 e. The Hall–Kier alpha value is -1.84. The minimum absolute atomic E-state index is 0.0517. The van der Waals surface area contributed by atoms with Crippen LogP contribution in [-0.4, -0.2) is 41.2 Å². The second-order valence-electron chi connectivity index (χ2n) is 8.49. The maximum absolute atomic E-state index is 12.8. The van der Waals surface area contributed by atoms with Gasteiger partial charge in [-0.15, -0.1) is 0 Å². The fourth-order valence-electron chi connectivity index (χ4n) is 3.11. The third-order valence-electron chi connectivity index (χ3n) is 4.71. The molecule has 1 aromatic rings. The molecular weight excluding hydrogens is 312 g/mol. The summed E-state index contributed by atoms with van der Waals surface area (Å²) in [5.74, 6) is 0.613. The van der Waals surface area contributed by atoms with Crippen molar-refractivity contribution in [2.24, 2.45) is 11.3 Å². The van der Waals surface area contributed by atoms with Gasteiger partial charge in [-0.3, -0.25) is 9.59 Å². The molecule has 0 bridgehead atoms. The number of hydrogen-bond acceptors (Lipinski definition) is 2. The zero-order valence-corrected chi connectivity index (χ0v) is 16.3. The monoisotopic (exact) mass is 344 g/mol. The van der Waals surface area contributed by atoms with Gasteiger partial charge < -0.3 is 9.80 Å². The van der Waals surface area contributed by atoms with Crippen molar-refractivity contribution in [2.45, 2.75) is 54.0 Å². The van der Waals surface area contributed by atoms with E-state index in [1.165, 1.54) is 11.1 Å². The minimum atomic E-state index is -0.467. The number of amides is 2. The highest BCUT2D eigenvalue weighted by Gasteiger charge is 2.30. The third-order valence-corrected chi connectivity index (χ3v) is 4.71. The lowest BCUT2D eigenvalue weighted by Gasteiger charge is -2.34. The summed E-state index contributed by atoms with van der Waals surface area (Å²) in [6, 6.07) is 8.29. The van der Waals surface area contributed by atoms with E-state index in [4.69, 9.17) is 0 Å². The number of carbonyl (C=O) groups is 2. The van der Waals surface area contributed by atoms with Gasteiger partial charge in [-0.25, -0.2) is 0 Å². The number of carbonyl (C=O) groups excluding carboxylic acids is 2. The zero-order chi connectivity index (χ0) is 18.6. The molecule has 0 saturated carbocycles. The Kier molecular flexibility index (Phi) is 6.26. The van der Waals surface area contributed by atoms with Gasteiger partial charge in [0, 0.05) is 25.0 Å². The fourth-order valence-corrected chi connectivity index (χ4v) is 3.11. The molecule has 2 rings (SSSR count). The average Bonchev–Trinajstić information content (AvgIpc) is 2.56. The lowest BCUT2D eigenvalue weighted by molar-refractivity contribution is -0.146. The highest BCUT2D eigenvalue weighted by molar-refractivity contribution is 5.87. The van der Waals surface area contributed by atoms with Crippen molar-refractivity contribution in [3.05, 3.63) is 35.4 Å². The number of nitrogens with zero attached hydrogens (tertiary/aromatic N) is 2. The van der Waals surface area contributed by atoms with Crippen LogP contribution in [0.2, 0.25) is 0 Å². The van der Waals surface area contributed by atoms with Gasteiger partial charge in [-0.05, 0) is 29.9 Å². The van der Waals surface area contributed by atoms with Gasteiger partial charge >= 0.3 is 0 Å². The van der Waals surface area contributed by atoms with E-state index < -0.39 is 5.41 Å². The summed E-state index contributed by atoms with van der Waals surface area (Å²) in [4.78, 5) is 29.2. The molecule has 0 spiro atoms. The van der Waals surface area contributed by atoms with Crippen molar-refractivity contribution in [3.63, 3.8) is 0 Å². The molecule has 0 radical (unpaired) electrons. The van der Waals surface area contributed by atoms with E-state index >= 15 is 0 Å². The molecule has 0 atom stereocenters. The molecule has 0 N–H and O–H groups in total. The third kappa shape index (κ3) is 5.32. The van der Waals surface area contributed by atoms with Crippen molar-refractivity contribution in [1.82, 2.24) is 9.80 Å². The fraction of sp³-hybridized carbons (Fsp3) is 0.619. The van der Waals surface area contributed by atoms with Crippen LogP contribution in [0.15, 0.2) is 24.3 Å². The molecule has 0 aromatic heterocycles. The molecule has 4 nitrogen and oxygen atoms in total. The molecule has 2 amide bonds. The molecule has 1 heterocycles. The molecule has 0 fully saturated rings. The van der Waals surface area contributed by atoms with Gasteiger partial charge in [-0.2, -0.15) is 0 Å². The smallest absolute Gasteiger partial charge is 0.242 e. The van der Waals surface area contributed by atoms with Gasteiger partial charge in [-0.1, -0.05) is 58.9 Å². The molecule has 0 unspecified atom stereocenters. The van der Waals surface area contributed by atoms with Crippen molar-refractivity contribution in [3.8, 4) is 0 Å². The van der Waals surface area contributed by atoms with E-state index in [2.05, 4.69) is 26.0 Å². The van der Waals surface area contributed by atoms with Crippen molar-refractivity contribution in [1.29, 1.82) is 0 Å². The normalized spacial score (nSPS) is 14.4. The number of rotatable bonds is 5. The Morgan fingerprint density at radius 1 is 1.16 bits per heavy atom. The van der Waals surface area contributed by atoms with E-state index in [0.717, 1.165) is 19.4 Å². The first-order valence-corrected chi connectivity index (χ1v) is 9.32. The van der Waals surface area contributed by atoms with Crippen molar-refractivity contribution in [2.75, 3.05) is 19.6 Å². The molecule has 0 saturated heterocycles. The Labute approximate surface area is 152 Å². The minimum Gasteiger partial charge on any atom is -0.336 e. The largest absolute Gasteiger partial charge is 0.336 e. The Bertz CT molecular complexity index is 617. The first-order valence-electron chi connectivity index (χ1n) is 9.32. The SMILES string of the molecule is CC(C)CCN(CC(=O)N1CCc2ccccc2C1)C(=O)C(C)(C)C. The molecule has 1 aromatic carbocycles. The maximum atomic E-state index is 12.8. The van der Waals surface area contributed by atoms with Crippen LogP contribution in [-0.2, 0) is 22.6 Å². The molecule has 1 aliphatic heterocycles. The molecule has 4 heteroatoms. The molecule has 25 heavy (non-hydrogen) atoms. The molecular formula is C21H32N2O2. The van der Waals surface area contributed by atoms with Crippen LogP contribution in [0.4, 0.5) is 0 Å². The Morgan fingerprint density at radius 2 is 1.80 bits per heavy atom. The highest BCUT2D eigenvalue weighted by atomic mass is 16.2. The summed E-state index contributed by atoms with van der Waals surface area (Å²) in [5, 5.41) is 0. The summed E-state index contributed by atoms with van der Waals surface area (Å²) in [7, 11) is 0. The van der Waals surface area contributed by atoms with Crippen LogP contribution in [0.5, 0.6) is 0 Å². The quantitative estimate of drug-likeness (QED) is 0.820. The molecule has 138 valence electrons. The van der Waals surface area contributed by atoms with Gasteiger partial charge in [0.1, 0.15) is 0 Å². The summed E-state index contributed by atoms with van der Waals surface area (Å²) in [5.41, 5.74) is 2.08. The molecule has 0 aliphatic carbocycles.